The average Bonchev–Trinajstić information content (AvgIpc) is 3.20. The van der Waals surface area contributed by atoms with Crippen molar-refractivity contribution in [3.05, 3.63) is 35.4 Å². The molecule has 0 amide bonds. The predicted octanol–water partition coefficient (Wildman–Crippen LogP) is 3.81. The summed E-state index contributed by atoms with van der Waals surface area (Å²) in [5.74, 6) is 0.930. The topological polar surface area (TPSA) is 15.3 Å². The van der Waals surface area contributed by atoms with E-state index >= 15 is 0 Å². The third-order valence-corrected chi connectivity index (χ3v) is 4.35. The van der Waals surface area contributed by atoms with E-state index in [4.69, 9.17) is 0 Å². The Kier molecular flexibility index (Phi) is 4.87. The van der Waals surface area contributed by atoms with E-state index in [-0.39, 0.29) is 5.54 Å². The van der Waals surface area contributed by atoms with E-state index in [9.17, 15) is 0 Å². The summed E-state index contributed by atoms with van der Waals surface area (Å²) in [4.78, 5) is 2.51. The summed E-state index contributed by atoms with van der Waals surface area (Å²) >= 11 is 0. The highest BCUT2D eigenvalue weighted by Gasteiger charge is 2.30. The number of hydrogen-bond acceptors (Lipinski definition) is 2. The molecule has 2 heteroatoms. The van der Waals surface area contributed by atoms with Crippen LogP contribution in [-0.4, -0.2) is 23.5 Å². The Morgan fingerprint density at radius 3 is 2.35 bits per heavy atom. The van der Waals surface area contributed by atoms with E-state index in [1.807, 2.05) is 0 Å². The number of benzene rings is 1. The molecule has 112 valence electrons. The summed E-state index contributed by atoms with van der Waals surface area (Å²) in [5, 5.41) is 3.60. The lowest BCUT2D eigenvalue weighted by atomic mass is 10.0. The van der Waals surface area contributed by atoms with E-state index in [1.54, 1.807) is 0 Å². The van der Waals surface area contributed by atoms with Crippen molar-refractivity contribution in [2.24, 2.45) is 5.92 Å². The van der Waals surface area contributed by atoms with Gasteiger partial charge in [-0.2, -0.15) is 0 Å². The smallest absolute Gasteiger partial charge is 0.0236 e. The van der Waals surface area contributed by atoms with Gasteiger partial charge in [-0.15, -0.1) is 0 Å². The lowest BCUT2D eigenvalue weighted by Gasteiger charge is -2.27. The molecule has 2 rings (SSSR count). The van der Waals surface area contributed by atoms with E-state index in [0.717, 1.165) is 19.0 Å². The van der Waals surface area contributed by atoms with E-state index < -0.39 is 0 Å². The molecule has 0 bridgehead atoms. The zero-order valence-electron chi connectivity index (χ0n) is 13.7. The van der Waals surface area contributed by atoms with Gasteiger partial charge in [0, 0.05) is 24.7 Å². The quantitative estimate of drug-likeness (QED) is 0.848. The van der Waals surface area contributed by atoms with Gasteiger partial charge in [0.15, 0.2) is 0 Å². The van der Waals surface area contributed by atoms with Gasteiger partial charge >= 0.3 is 0 Å². The second-order valence-electron chi connectivity index (χ2n) is 7.37. The van der Waals surface area contributed by atoms with Crippen LogP contribution < -0.4 is 5.32 Å². The third-order valence-electron chi connectivity index (χ3n) is 4.35. The average molecular weight is 274 g/mol. The second-order valence-corrected chi connectivity index (χ2v) is 7.37. The van der Waals surface area contributed by atoms with Gasteiger partial charge < -0.3 is 5.32 Å². The number of rotatable bonds is 6. The Balaban J connectivity index is 1.99. The molecule has 1 unspecified atom stereocenters. The molecule has 0 heterocycles. The first-order valence-electron chi connectivity index (χ1n) is 7.89. The highest BCUT2D eigenvalue weighted by Crippen LogP contribution is 2.35. The molecule has 1 fully saturated rings. The third kappa shape index (κ3) is 4.60. The molecule has 0 saturated heterocycles. The second kappa shape index (κ2) is 6.28. The molecule has 0 aromatic heterocycles. The molecule has 0 aliphatic heterocycles. The normalized spacial score (nSPS) is 17.5. The Labute approximate surface area is 124 Å². The van der Waals surface area contributed by atoms with Crippen molar-refractivity contribution in [3.8, 4) is 0 Å². The van der Waals surface area contributed by atoms with Crippen molar-refractivity contribution < 1.29 is 0 Å². The molecule has 0 radical (unpaired) electrons. The van der Waals surface area contributed by atoms with Crippen LogP contribution in [0.15, 0.2) is 24.3 Å². The number of nitrogens with one attached hydrogen (secondary N) is 1. The van der Waals surface area contributed by atoms with Gasteiger partial charge in [-0.05, 0) is 64.6 Å². The van der Waals surface area contributed by atoms with Gasteiger partial charge in [-0.1, -0.05) is 24.3 Å². The SMILES string of the molecule is CC(C1CC1)N(C)Cc1ccccc1CNC(C)(C)C. The van der Waals surface area contributed by atoms with Crippen LogP contribution in [0.2, 0.25) is 0 Å². The van der Waals surface area contributed by atoms with Gasteiger partial charge in [-0.25, -0.2) is 0 Å². The van der Waals surface area contributed by atoms with Gasteiger partial charge in [-0.3, -0.25) is 4.90 Å². The summed E-state index contributed by atoms with van der Waals surface area (Å²) in [6.07, 6.45) is 2.83. The lowest BCUT2D eigenvalue weighted by Crippen LogP contribution is -2.36. The first-order chi connectivity index (χ1) is 9.37. The largest absolute Gasteiger partial charge is 0.308 e. The van der Waals surface area contributed by atoms with Gasteiger partial charge in [0.2, 0.25) is 0 Å². The molecule has 1 aliphatic carbocycles. The van der Waals surface area contributed by atoms with Crippen molar-refractivity contribution in [2.45, 2.75) is 65.2 Å². The van der Waals surface area contributed by atoms with E-state index in [2.05, 4.69) is 69.2 Å². The maximum absolute atomic E-state index is 3.60. The zero-order chi connectivity index (χ0) is 14.8. The molecule has 1 aliphatic rings. The van der Waals surface area contributed by atoms with Crippen LogP contribution >= 0.6 is 0 Å². The minimum absolute atomic E-state index is 0.167. The molecular weight excluding hydrogens is 244 g/mol. The van der Waals surface area contributed by atoms with Crippen molar-refractivity contribution in [2.75, 3.05) is 7.05 Å². The van der Waals surface area contributed by atoms with Crippen LogP contribution in [-0.2, 0) is 13.1 Å². The molecule has 1 aromatic rings. The van der Waals surface area contributed by atoms with E-state index in [0.29, 0.717) is 6.04 Å². The summed E-state index contributed by atoms with van der Waals surface area (Å²) in [6, 6.07) is 9.54. The highest BCUT2D eigenvalue weighted by molar-refractivity contribution is 5.27. The monoisotopic (exact) mass is 274 g/mol. The van der Waals surface area contributed by atoms with Crippen LogP contribution in [0.5, 0.6) is 0 Å². The summed E-state index contributed by atoms with van der Waals surface area (Å²) < 4.78 is 0. The Morgan fingerprint density at radius 2 is 1.80 bits per heavy atom. The van der Waals surface area contributed by atoms with Crippen molar-refractivity contribution in [1.29, 1.82) is 0 Å². The molecular formula is C18H30N2. The predicted molar refractivity (Wildman–Crippen MR) is 86.7 cm³/mol. The fourth-order valence-electron chi connectivity index (χ4n) is 2.60. The highest BCUT2D eigenvalue weighted by atomic mass is 15.1. The fourth-order valence-corrected chi connectivity index (χ4v) is 2.60. The fraction of sp³-hybridized carbons (Fsp3) is 0.667. The van der Waals surface area contributed by atoms with E-state index in [1.165, 1.54) is 24.0 Å². The summed E-state index contributed by atoms with van der Waals surface area (Å²) in [7, 11) is 2.26. The number of hydrogen-bond donors (Lipinski definition) is 1. The maximum Gasteiger partial charge on any atom is 0.0236 e. The zero-order valence-corrected chi connectivity index (χ0v) is 13.7. The molecule has 1 aromatic carbocycles. The van der Waals surface area contributed by atoms with Crippen molar-refractivity contribution in [3.63, 3.8) is 0 Å². The molecule has 20 heavy (non-hydrogen) atoms. The summed E-state index contributed by atoms with van der Waals surface area (Å²) in [5.41, 5.74) is 3.05. The van der Waals surface area contributed by atoms with Crippen molar-refractivity contribution >= 4 is 0 Å². The first-order valence-corrected chi connectivity index (χ1v) is 7.89. The van der Waals surface area contributed by atoms with Crippen LogP contribution in [0.25, 0.3) is 0 Å². The lowest BCUT2D eigenvalue weighted by molar-refractivity contribution is 0.225. The molecule has 0 spiro atoms. The maximum atomic E-state index is 3.60. The van der Waals surface area contributed by atoms with Gasteiger partial charge in [0.25, 0.3) is 0 Å². The minimum atomic E-state index is 0.167. The Hall–Kier alpha value is -0.860. The van der Waals surface area contributed by atoms with Crippen LogP contribution in [0.3, 0.4) is 0 Å². The van der Waals surface area contributed by atoms with Gasteiger partial charge in [0.1, 0.15) is 0 Å². The molecule has 1 N–H and O–H groups in total. The summed E-state index contributed by atoms with van der Waals surface area (Å²) in [6.45, 7) is 11.0. The van der Waals surface area contributed by atoms with Gasteiger partial charge in [0.05, 0.1) is 0 Å². The Bertz CT molecular complexity index is 429. The first kappa shape index (κ1) is 15.5. The van der Waals surface area contributed by atoms with Crippen LogP contribution in [0.4, 0.5) is 0 Å². The van der Waals surface area contributed by atoms with Crippen molar-refractivity contribution in [1.82, 2.24) is 10.2 Å². The standard InChI is InChI=1S/C18H30N2/c1-14(15-10-11-15)20(5)13-17-9-7-6-8-16(17)12-19-18(2,3)4/h6-9,14-15,19H,10-13H2,1-5H3. The number of nitrogens with zero attached hydrogens (tertiary/aromatic N) is 1. The molecule has 1 saturated carbocycles. The minimum Gasteiger partial charge on any atom is -0.308 e. The molecule has 1 atom stereocenters. The van der Waals surface area contributed by atoms with Crippen LogP contribution in [0.1, 0.15) is 51.7 Å². The Morgan fingerprint density at radius 1 is 1.20 bits per heavy atom. The van der Waals surface area contributed by atoms with Crippen LogP contribution in [0, 0.1) is 5.92 Å². The molecule has 2 nitrogen and oxygen atoms in total.